The molecule has 1 aromatic carbocycles. The summed E-state index contributed by atoms with van der Waals surface area (Å²) in [6, 6.07) is 5.60. The van der Waals surface area contributed by atoms with E-state index in [2.05, 4.69) is 10.5 Å². The third-order valence-corrected chi connectivity index (χ3v) is 3.25. The summed E-state index contributed by atoms with van der Waals surface area (Å²) < 4.78 is 14.1. The fourth-order valence-corrected chi connectivity index (χ4v) is 2.11. The Labute approximate surface area is 126 Å². The van der Waals surface area contributed by atoms with E-state index in [4.69, 9.17) is 16.4 Å². The van der Waals surface area contributed by atoms with Crippen molar-refractivity contribution in [2.24, 2.45) is 10.8 Å². The monoisotopic (exact) mass is 302 g/mol. The van der Waals surface area contributed by atoms with E-state index < -0.39 is 11.7 Å². The number of hydrogen-bond acceptors (Lipinski definition) is 5. The van der Waals surface area contributed by atoms with Crippen LogP contribution in [0.5, 0.6) is 0 Å². The third kappa shape index (κ3) is 3.38. The lowest BCUT2D eigenvalue weighted by Crippen LogP contribution is -2.28. The van der Waals surface area contributed by atoms with Crippen LogP contribution in [0.3, 0.4) is 0 Å². The summed E-state index contributed by atoms with van der Waals surface area (Å²) in [5.74, 6) is -1.48. The highest BCUT2D eigenvalue weighted by Crippen LogP contribution is 2.19. The Bertz CT molecular complexity index is 672. The van der Waals surface area contributed by atoms with Gasteiger partial charge in [-0.3, -0.25) is 15.6 Å². The summed E-state index contributed by atoms with van der Waals surface area (Å²) >= 11 is 0. The number of nitrogens with zero attached hydrogens (tertiary/aromatic N) is 3. The third-order valence-electron chi connectivity index (χ3n) is 3.25. The molecular weight excluding hydrogens is 287 g/mol. The van der Waals surface area contributed by atoms with Gasteiger partial charge in [0, 0.05) is 13.1 Å². The van der Waals surface area contributed by atoms with Crippen molar-refractivity contribution in [1.29, 1.82) is 10.7 Å². The molecule has 1 aliphatic rings. The van der Waals surface area contributed by atoms with E-state index in [1.54, 1.807) is 11.0 Å². The molecule has 0 unspecified atom stereocenters. The average molecular weight is 302 g/mol. The van der Waals surface area contributed by atoms with Crippen LogP contribution < -0.4 is 11.2 Å². The number of benzene rings is 1. The Morgan fingerprint density at radius 2 is 2.14 bits per heavy atom. The first-order chi connectivity index (χ1) is 10.5. The van der Waals surface area contributed by atoms with Crippen molar-refractivity contribution in [1.82, 2.24) is 4.90 Å². The van der Waals surface area contributed by atoms with Crippen molar-refractivity contribution in [2.45, 2.75) is 12.8 Å². The molecule has 1 saturated heterocycles. The van der Waals surface area contributed by atoms with Crippen molar-refractivity contribution in [3.63, 3.8) is 0 Å². The Morgan fingerprint density at radius 3 is 2.68 bits per heavy atom. The Kier molecular flexibility index (Phi) is 4.68. The molecule has 114 valence electrons. The normalized spacial score (nSPS) is 14.5. The maximum absolute atomic E-state index is 14.1. The molecule has 1 heterocycles. The molecule has 2 rings (SSSR count). The SMILES string of the molecule is N#C/C(=N\Nc1ccc(C(=O)N2CCCC2)c(F)c1)C(=N)N. The van der Waals surface area contributed by atoms with Gasteiger partial charge in [0.2, 0.25) is 5.71 Å². The molecule has 7 nitrogen and oxygen atoms in total. The van der Waals surface area contributed by atoms with E-state index in [1.165, 1.54) is 12.1 Å². The number of amidine groups is 1. The molecule has 0 atom stereocenters. The summed E-state index contributed by atoms with van der Waals surface area (Å²) in [6.07, 6.45) is 1.87. The minimum atomic E-state index is -0.668. The van der Waals surface area contributed by atoms with Crippen molar-refractivity contribution in [3.05, 3.63) is 29.6 Å². The molecule has 1 fully saturated rings. The fraction of sp³-hybridized carbons (Fsp3) is 0.286. The number of hydrazone groups is 1. The average Bonchev–Trinajstić information content (AvgIpc) is 3.01. The van der Waals surface area contributed by atoms with Crippen LogP contribution in [0.25, 0.3) is 0 Å². The van der Waals surface area contributed by atoms with Crippen LogP contribution in [0.1, 0.15) is 23.2 Å². The number of likely N-dealkylation sites (tertiary alicyclic amines) is 1. The van der Waals surface area contributed by atoms with Gasteiger partial charge in [-0.15, -0.1) is 0 Å². The van der Waals surface area contributed by atoms with Crippen LogP contribution in [0.15, 0.2) is 23.3 Å². The van der Waals surface area contributed by atoms with Gasteiger partial charge in [0.05, 0.1) is 11.3 Å². The van der Waals surface area contributed by atoms with E-state index in [0.29, 0.717) is 13.1 Å². The van der Waals surface area contributed by atoms with E-state index in [-0.39, 0.29) is 22.9 Å². The highest BCUT2D eigenvalue weighted by Gasteiger charge is 2.22. The first-order valence-corrected chi connectivity index (χ1v) is 6.70. The van der Waals surface area contributed by atoms with Crippen molar-refractivity contribution in [3.8, 4) is 6.07 Å². The molecule has 0 radical (unpaired) electrons. The maximum atomic E-state index is 14.1. The van der Waals surface area contributed by atoms with Gasteiger partial charge in [0.25, 0.3) is 5.91 Å². The molecule has 1 amide bonds. The maximum Gasteiger partial charge on any atom is 0.256 e. The van der Waals surface area contributed by atoms with Gasteiger partial charge in [0.15, 0.2) is 5.84 Å². The molecule has 1 aromatic rings. The first kappa shape index (κ1) is 15.4. The fourth-order valence-electron chi connectivity index (χ4n) is 2.11. The van der Waals surface area contributed by atoms with Crippen molar-refractivity contribution >= 4 is 23.1 Å². The van der Waals surface area contributed by atoms with Gasteiger partial charge in [-0.05, 0) is 31.0 Å². The Hall–Kier alpha value is -2.95. The van der Waals surface area contributed by atoms with E-state index >= 15 is 0 Å². The summed E-state index contributed by atoms with van der Waals surface area (Å²) in [4.78, 5) is 13.7. The molecule has 8 heteroatoms. The van der Waals surface area contributed by atoms with E-state index in [9.17, 15) is 9.18 Å². The molecule has 0 saturated carbocycles. The second-order valence-corrected chi connectivity index (χ2v) is 4.79. The quantitative estimate of drug-likeness (QED) is 0.441. The molecular formula is C14H15FN6O. The summed E-state index contributed by atoms with van der Waals surface area (Å²) in [6.45, 7) is 1.29. The molecule has 0 spiro atoms. The number of anilines is 1. The smallest absolute Gasteiger partial charge is 0.256 e. The number of carbonyl (C=O) groups excluding carboxylic acids is 1. The van der Waals surface area contributed by atoms with Crippen LogP contribution in [0.2, 0.25) is 0 Å². The van der Waals surface area contributed by atoms with Crippen molar-refractivity contribution < 1.29 is 9.18 Å². The zero-order valence-electron chi connectivity index (χ0n) is 11.8. The standard InChI is InChI=1S/C14H15FN6O/c15-11-7-9(19-20-12(8-16)13(17)18)3-4-10(11)14(22)21-5-1-2-6-21/h3-4,7,19H,1-2,5-6H2,(H3,17,18)/b20-12+. The van der Waals surface area contributed by atoms with Gasteiger partial charge in [-0.25, -0.2) is 4.39 Å². The number of nitrogens with two attached hydrogens (primary N) is 1. The summed E-state index contributed by atoms with van der Waals surface area (Å²) in [5.41, 5.74) is 7.52. The number of hydrogen-bond donors (Lipinski definition) is 3. The van der Waals surface area contributed by atoms with Crippen LogP contribution in [-0.4, -0.2) is 35.4 Å². The lowest BCUT2D eigenvalue weighted by atomic mass is 10.1. The lowest BCUT2D eigenvalue weighted by molar-refractivity contribution is 0.0788. The predicted octanol–water partition coefficient (Wildman–Crippen LogP) is 1.29. The second-order valence-electron chi connectivity index (χ2n) is 4.79. The number of rotatable bonds is 4. The molecule has 22 heavy (non-hydrogen) atoms. The van der Waals surface area contributed by atoms with Gasteiger partial charge in [-0.1, -0.05) is 0 Å². The minimum absolute atomic E-state index is 0.00324. The molecule has 4 N–H and O–H groups in total. The van der Waals surface area contributed by atoms with Gasteiger partial charge < -0.3 is 10.6 Å². The number of nitrogens with one attached hydrogen (secondary N) is 2. The number of halogens is 1. The van der Waals surface area contributed by atoms with Crippen LogP contribution in [-0.2, 0) is 0 Å². The zero-order chi connectivity index (χ0) is 16.1. The number of carbonyl (C=O) groups is 1. The van der Waals surface area contributed by atoms with E-state index in [0.717, 1.165) is 18.9 Å². The second kappa shape index (κ2) is 6.67. The Balaban J connectivity index is 2.14. The highest BCUT2D eigenvalue weighted by molar-refractivity contribution is 6.45. The van der Waals surface area contributed by atoms with E-state index in [1.807, 2.05) is 0 Å². The van der Waals surface area contributed by atoms with Crippen LogP contribution >= 0.6 is 0 Å². The Morgan fingerprint density at radius 1 is 1.45 bits per heavy atom. The van der Waals surface area contributed by atoms with Gasteiger partial charge >= 0.3 is 0 Å². The zero-order valence-corrected chi connectivity index (χ0v) is 11.8. The molecule has 1 aliphatic heterocycles. The minimum Gasteiger partial charge on any atom is -0.382 e. The number of amides is 1. The van der Waals surface area contributed by atoms with Crippen LogP contribution in [0.4, 0.5) is 10.1 Å². The lowest BCUT2D eigenvalue weighted by Gasteiger charge is -2.15. The predicted molar refractivity (Wildman–Crippen MR) is 80.1 cm³/mol. The summed E-state index contributed by atoms with van der Waals surface area (Å²) in [7, 11) is 0. The molecule has 0 aliphatic carbocycles. The van der Waals surface area contributed by atoms with Crippen LogP contribution in [0, 0.1) is 22.6 Å². The molecule has 0 aromatic heterocycles. The van der Waals surface area contributed by atoms with Crippen molar-refractivity contribution in [2.75, 3.05) is 18.5 Å². The van der Waals surface area contributed by atoms with Gasteiger partial charge in [-0.2, -0.15) is 10.4 Å². The highest BCUT2D eigenvalue weighted by atomic mass is 19.1. The largest absolute Gasteiger partial charge is 0.382 e. The topological polar surface area (TPSA) is 118 Å². The number of nitriles is 1. The first-order valence-electron chi connectivity index (χ1n) is 6.70. The summed E-state index contributed by atoms with van der Waals surface area (Å²) in [5, 5.41) is 19.4. The van der Waals surface area contributed by atoms with Gasteiger partial charge in [0.1, 0.15) is 11.9 Å². The molecule has 0 bridgehead atoms.